The highest BCUT2D eigenvalue weighted by Crippen LogP contribution is 2.44. The highest BCUT2D eigenvalue weighted by molar-refractivity contribution is 5.96. The number of benzene rings is 4. The quantitative estimate of drug-likeness (QED) is 0.0405. The molecular weight excluding hydrogens is 1000 g/mol. The van der Waals surface area contributed by atoms with Crippen LogP contribution in [0.2, 0.25) is 0 Å². The Labute approximate surface area is 453 Å². The second kappa shape index (κ2) is 26.3. The molecule has 0 unspecified atom stereocenters. The van der Waals surface area contributed by atoms with Crippen molar-refractivity contribution in [1.29, 1.82) is 0 Å². The predicted octanol–water partition coefficient (Wildman–Crippen LogP) is 8.72. The summed E-state index contributed by atoms with van der Waals surface area (Å²) < 4.78 is 81.5. The fourth-order valence-electron chi connectivity index (χ4n) is 9.65. The Hall–Kier alpha value is -8.04. The monoisotopic (exact) mass is 1070 g/mol. The van der Waals surface area contributed by atoms with Crippen LogP contribution in [0.5, 0.6) is 69.0 Å². The van der Waals surface area contributed by atoms with E-state index in [4.69, 9.17) is 86.3 Å². The number of ether oxygens (including phenoxy) is 14. The van der Waals surface area contributed by atoms with Gasteiger partial charge in [0.2, 0.25) is 0 Å². The van der Waals surface area contributed by atoms with Gasteiger partial charge in [0.05, 0.1) is 178 Å². The predicted molar refractivity (Wildman–Crippen MR) is 295 cm³/mol. The Morgan fingerprint density at radius 1 is 0.282 bits per heavy atom. The zero-order valence-corrected chi connectivity index (χ0v) is 46.4. The maximum absolute atomic E-state index is 6.27. The zero-order chi connectivity index (χ0) is 55.3. The summed E-state index contributed by atoms with van der Waals surface area (Å²) >= 11 is 0. The van der Waals surface area contributed by atoms with Crippen LogP contribution in [0.25, 0.3) is 43.6 Å². The lowest BCUT2D eigenvalue weighted by molar-refractivity contribution is 0.0279. The molecule has 4 aromatic carbocycles. The number of rotatable bonds is 29. The number of hydrogen-bond donors (Lipinski definition) is 0. The van der Waals surface area contributed by atoms with E-state index in [1.165, 1.54) is 0 Å². The van der Waals surface area contributed by atoms with Crippen molar-refractivity contribution in [3.05, 3.63) is 95.6 Å². The van der Waals surface area contributed by atoms with Crippen molar-refractivity contribution in [3.63, 3.8) is 0 Å². The zero-order valence-electron chi connectivity index (χ0n) is 46.4. The third kappa shape index (κ3) is 12.1. The molecule has 0 spiro atoms. The first-order valence-corrected chi connectivity index (χ1v) is 25.1. The maximum atomic E-state index is 6.27. The summed E-state index contributed by atoms with van der Waals surface area (Å²) in [4.78, 5) is 24.6. The van der Waals surface area contributed by atoms with E-state index >= 15 is 0 Å². The van der Waals surface area contributed by atoms with E-state index < -0.39 is 0 Å². The maximum Gasteiger partial charge on any atom is 0.173 e. The largest absolute Gasteiger partial charge is 0.496 e. The Kier molecular flexibility index (Phi) is 19.0. The van der Waals surface area contributed by atoms with Crippen LogP contribution in [0, 0.1) is 0 Å². The molecule has 414 valence electrons. The van der Waals surface area contributed by atoms with Gasteiger partial charge in [-0.3, -0.25) is 29.7 Å². The van der Waals surface area contributed by atoms with E-state index in [1.807, 2.05) is 72.8 Å². The topological polar surface area (TPSA) is 187 Å². The molecule has 20 nitrogen and oxygen atoms in total. The van der Waals surface area contributed by atoms with Gasteiger partial charge in [0.1, 0.15) is 23.0 Å². The van der Waals surface area contributed by atoms with Crippen LogP contribution in [0.3, 0.4) is 0 Å². The van der Waals surface area contributed by atoms with Crippen LogP contribution in [0.15, 0.2) is 72.8 Å². The Morgan fingerprint density at radius 3 is 0.718 bits per heavy atom. The summed E-state index contributed by atoms with van der Waals surface area (Å²) in [5.74, 6) is 6.91. The number of nitrogens with zero attached hydrogens (tertiary/aromatic N) is 6. The molecule has 0 atom stereocenters. The number of methoxy groups -OCH3 is 12. The van der Waals surface area contributed by atoms with Gasteiger partial charge in [0.25, 0.3) is 0 Å². The van der Waals surface area contributed by atoms with Crippen molar-refractivity contribution in [2.45, 2.75) is 26.2 Å². The van der Waals surface area contributed by atoms with E-state index in [0.29, 0.717) is 178 Å². The van der Waals surface area contributed by atoms with E-state index in [9.17, 15) is 0 Å². The lowest BCUT2D eigenvalue weighted by Crippen LogP contribution is -2.29. The molecule has 4 aromatic heterocycles. The van der Waals surface area contributed by atoms with Gasteiger partial charge < -0.3 is 66.3 Å². The molecule has 0 aliphatic heterocycles. The molecule has 20 heteroatoms. The van der Waals surface area contributed by atoms with Gasteiger partial charge in [-0.25, -0.2) is 0 Å². The summed E-state index contributed by atoms with van der Waals surface area (Å²) in [5, 5.41) is 2.86. The molecule has 0 radical (unpaired) electrons. The summed E-state index contributed by atoms with van der Waals surface area (Å²) in [5.41, 5.74) is 5.88. The highest BCUT2D eigenvalue weighted by Gasteiger charge is 2.23. The fraction of sp³-hybridized carbons (Fsp3) is 0.379. The Balaban J connectivity index is 0.988. The summed E-state index contributed by atoms with van der Waals surface area (Å²) in [6.45, 7) is 4.27. The van der Waals surface area contributed by atoms with Gasteiger partial charge in [0, 0.05) is 63.5 Å². The lowest BCUT2D eigenvalue weighted by atomic mass is 10.1. The summed E-state index contributed by atoms with van der Waals surface area (Å²) in [7, 11) is 19.3. The second-order valence-corrected chi connectivity index (χ2v) is 17.7. The SMILES string of the molecule is COc1ccc2nc(CN(CCOCCOCCN(Cc3cc(OC)c4c(OC)c(OC)ccc4n3)Cc3cc(OC)c4c(OC)c(OC)ccc4n3)Cc3cc(OC)c4c(OC)c(OC)ccc4n3)cc(OC)c2c1OC. The first kappa shape index (κ1) is 56.2. The summed E-state index contributed by atoms with van der Waals surface area (Å²) in [6.07, 6.45) is 0. The van der Waals surface area contributed by atoms with Crippen LogP contribution in [-0.2, 0) is 35.7 Å². The van der Waals surface area contributed by atoms with Gasteiger partial charge in [-0.05, 0) is 48.5 Å². The highest BCUT2D eigenvalue weighted by atomic mass is 16.5. The molecule has 0 fully saturated rings. The molecule has 78 heavy (non-hydrogen) atoms. The molecule has 0 saturated heterocycles. The van der Waals surface area contributed by atoms with E-state index in [1.54, 1.807) is 85.3 Å². The Morgan fingerprint density at radius 2 is 0.513 bits per heavy atom. The standard InChI is InChI=1S/C58H68N6O14/c1-65-43-17-13-39-51(55(43)73-9)47(69-5)27-35(59-39)31-63(32-36-28-48(70-6)52-40(60-36)14-18-44(66-2)56(52)74-10)21-23-77-25-26-78-24-22-64(33-37-29-49(71-7)53-41(61-37)15-19-45(67-3)57(53)75-11)34-38-30-50(72-8)54-42(62-38)16-20-46(68-4)58(54)76-12/h13-20,27-30H,21-26,31-34H2,1-12H3. The van der Waals surface area contributed by atoms with Crippen molar-refractivity contribution in [1.82, 2.24) is 29.7 Å². The second-order valence-electron chi connectivity index (χ2n) is 17.7. The van der Waals surface area contributed by atoms with Crippen molar-refractivity contribution in [2.75, 3.05) is 125 Å². The average molecular weight is 1070 g/mol. The minimum atomic E-state index is 0.352. The van der Waals surface area contributed by atoms with Crippen molar-refractivity contribution in [3.8, 4) is 69.0 Å². The smallest absolute Gasteiger partial charge is 0.173 e. The van der Waals surface area contributed by atoms with Gasteiger partial charge in [-0.15, -0.1) is 0 Å². The van der Waals surface area contributed by atoms with Gasteiger partial charge in [0.15, 0.2) is 46.0 Å². The van der Waals surface area contributed by atoms with Gasteiger partial charge in [-0.2, -0.15) is 0 Å². The number of fused-ring (bicyclic) bond motifs is 4. The summed E-state index contributed by atoms with van der Waals surface area (Å²) in [6, 6.07) is 22.6. The molecule has 8 rings (SSSR count). The van der Waals surface area contributed by atoms with Crippen LogP contribution >= 0.6 is 0 Å². The minimum absolute atomic E-state index is 0.352. The van der Waals surface area contributed by atoms with E-state index in [2.05, 4.69) is 9.80 Å². The van der Waals surface area contributed by atoms with Crippen LogP contribution < -0.4 is 56.8 Å². The first-order valence-electron chi connectivity index (χ1n) is 25.1. The van der Waals surface area contributed by atoms with E-state index in [-0.39, 0.29) is 0 Å². The third-order valence-electron chi connectivity index (χ3n) is 13.2. The molecule has 0 aliphatic carbocycles. The minimum Gasteiger partial charge on any atom is -0.496 e. The fourth-order valence-corrected chi connectivity index (χ4v) is 9.65. The van der Waals surface area contributed by atoms with Gasteiger partial charge >= 0.3 is 0 Å². The molecular formula is C58H68N6O14. The van der Waals surface area contributed by atoms with Crippen molar-refractivity contribution >= 4 is 43.6 Å². The first-order chi connectivity index (χ1) is 38.1. The van der Waals surface area contributed by atoms with Gasteiger partial charge in [-0.1, -0.05) is 0 Å². The lowest BCUT2D eigenvalue weighted by Gasteiger charge is -2.24. The Bertz CT molecular complexity index is 2930. The normalized spacial score (nSPS) is 11.4. The molecule has 0 aliphatic rings. The molecule has 8 aromatic rings. The van der Waals surface area contributed by atoms with Crippen LogP contribution in [0.1, 0.15) is 22.8 Å². The number of pyridine rings is 4. The van der Waals surface area contributed by atoms with Crippen LogP contribution in [-0.4, -0.2) is 155 Å². The average Bonchev–Trinajstić information content (AvgIpc) is 3.60. The molecule has 4 heterocycles. The molecule has 0 saturated carbocycles. The molecule has 0 N–H and O–H groups in total. The van der Waals surface area contributed by atoms with E-state index in [0.717, 1.165) is 22.8 Å². The molecule has 0 bridgehead atoms. The van der Waals surface area contributed by atoms with Crippen molar-refractivity contribution < 1.29 is 66.3 Å². The number of aromatic nitrogens is 4. The van der Waals surface area contributed by atoms with Crippen molar-refractivity contribution in [2.24, 2.45) is 0 Å². The number of hydrogen-bond acceptors (Lipinski definition) is 20. The molecule has 0 amide bonds. The van der Waals surface area contributed by atoms with Crippen LogP contribution in [0.4, 0.5) is 0 Å². The third-order valence-corrected chi connectivity index (χ3v) is 13.2.